The molecule has 1 aliphatic heterocycles. The third kappa shape index (κ3) is 4.07. The SMILES string of the molecule is Cn1cc(C2CCN(C(=O)CCCCCCN)C2)cn1. The molecule has 0 spiro atoms. The third-order valence-corrected chi connectivity index (χ3v) is 4.08. The molecule has 0 aromatic carbocycles. The topological polar surface area (TPSA) is 64.2 Å². The summed E-state index contributed by atoms with van der Waals surface area (Å²) in [6.45, 7) is 2.50. The highest BCUT2D eigenvalue weighted by Crippen LogP contribution is 2.27. The smallest absolute Gasteiger partial charge is 0.222 e. The molecule has 0 aliphatic carbocycles. The van der Waals surface area contributed by atoms with E-state index in [1.807, 2.05) is 22.8 Å². The van der Waals surface area contributed by atoms with E-state index in [0.717, 1.165) is 51.7 Å². The normalized spacial score (nSPS) is 18.7. The van der Waals surface area contributed by atoms with Crippen LogP contribution in [0.4, 0.5) is 0 Å². The highest BCUT2D eigenvalue weighted by molar-refractivity contribution is 5.76. The van der Waals surface area contributed by atoms with Gasteiger partial charge in [-0.25, -0.2) is 0 Å². The van der Waals surface area contributed by atoms with Gasteiger partial charge in [0.15, 0.2) is 0 Å². The van der Waals surface area contributed by atoms with Gasteiger partial charge in [-0.1, -0.05) is 12.8 Å². The Hall–Kier alpha value is -1.36. The molecule has 1 aromatic rings. The summed E-state index contributed by atoms with van der Waals surface area (Å²) in [5.41, 5.74) is 6.72. The van der Waals surface area contributed by atoms with Gasteiger partial charge < -0.3 is 10.6 Å². The Morgan fingerprint density at radius 3 is 2.90 bits per heavy atom. The number of hydrogen-bond donors (Lipinski definition) is 1. The number of amides is 1. The summed E-state index contributed by atoms with van der Waals surface area (Å²) in [5, 5.41) is 4.21. The quantitative estimate of drug-likeness (QED) is 0.771. The van der Waals surface area contributed by atoms with Crippen molar-refractivity contribution >= 4 is 5.91 Å². The van der Waals surface area contributed by atoms with Crippen LogP contribution in [0.3, 0.4) is 0 Å². The highest BCUT2D eigenvalue weighted by atomic mass is 16.2. The first kappa shape index (κ1) is 15.0. The molecule has 5 nitrogen and oxygen atoms in total. The number of nitrogens with two attached hydrogens (primary N) is 1. The number of rotatable bonds is 7. The van der Waals surface area contributed by atoms with Gasteiger partial charge in [-0.2, -0.15) is 5.10 Å². The van der Waals surface area contributed by atoms with Gasteiger partial charge >= 0.3 is 0 Å². The van der Waals surface area contributed by atoms with Crippen molar-refractivity contribution in [3.8, 4) is 0 Å². The molecule has 0 saturated carbocycles. The lowest BCUT2D eigenvalue weighted by atomic mass is 10.0. The van der Waals surface area contributed by atoms with E-state index in [2.05, 4.69) is 11.3 Å². The van der Waals surface area contributed by atoms with E-state index >= 15 is 0 Å². The molecule has 2 rings (SSSR count). The zero-order chi connectivity index (χ0) is 14.4. The molecule has 0 bridgehead atoms. The molecule has 2 heterocycles. The molecule has 0 radical (unpaired) electrons. The van der Waals surface area contributed by atoms with Crippen LogP contribution in [-0.2, 0) is 11.8 Å². The molecule has 1 saturated heterocycles. The zero-order valence-corrected chi connectivity index (χ0v) is 12.4. The van der Waals surface area contributed by atoms with Gasteiger partial charge in [0.1, 0.15) is 0 Å². The molecular weight excluding hydrogens is 252 g/mol. The van der Waals surface area contributed by atoms with Crippen molar-refractivity contribution in [2.45, 2.75) is 44.4 Å². The maximum atomic E-state index is 12.1. The Bertz CT molecular complexity index is 429. The predicted molar refractivity (Wildman–Crippen MR) is 79.3 cm³/mol. The molecule has 20 heavy (non-hydrogen) atoms. The monoisotopic (exact) mass is 278 g/mol. The minimum Gasteiger partial charge on any atom is -0.342 e. The Morgan fingerprint density at radius 2 is 2.20 bits per heavy atom. The zero-order valence-electron chi connectivity index (χ0n) is 12.4. The Morgan fingerprint density at radius 1 is 1.40 bits per heavy atom. The summed E-state index contributed by atoms with van der Waals surface area (Å²) in [7, 11) is 1.93. The summed E-state index contributed by atoms with van der Waals surface area (Å²) in [5.74, 6) is 0.772. The number of unbranched alkanes of at least 4 members (excludes halogenated alkanes) is 3. The van der Waals surface area contributed by atoms with Crippen molar-refractivity contribution in [2.75, 3.05) is 19.6 Å². The van der Waals surface area contributed by atoms with Gasteiger partial charge in [0.2, 0.25) is 5.91 Å². The first-order valence-electron chi connectivity index (χ1n) is 7.67. The standard InChI is InChI=1S/C15H26N4O/c1-18-11-14(10-17-18)13-7-9-19(12-13)15(20)6-4-2-3-5-8-16/h10-11,13H,2-9,12,16H2,1H3. The molecule has 2 N–H and O–H groups in total. The molecule has 1 unspecified atom stereocenters. The largest absolute Gasteiger partial charge is 0.342 e. The Balaban J connectivity index is 1.70. The maximum absolute atomic E-state index is 12.1. The lowest BCUT2D eigenvalue weighted by Crippen LogP contribution is -2.28. The summed E-state index contributed by atoms with van der Waals surface area (Å²) in [4.78, 5) is 14.2. The van der Waals surface area contributed by atoms with Gasteiger partial charge in [-0.3, -0.25) is 9.48 Å². The third-order valence-electron chi connectivity index (χ3n) is 4.08. The first-order chi connectivity index (χ1) is 9.70. The molecule has 112 valence electrons. The van der Waals surface area contributed by atoms with E-state index in [1.165, 1.54) is 5.56 Å². The van der Waals surface area contributed by atoms with Crippen molar-refractivity contribution in [2.24, 2.45) is 12.8 Å². The van der Waals surface area contributed by atoms with Crippen LogP contribution < -0.4 is 5.73 Å². The van der Waals surface area contributed by atoms with E-state index in [9.17, 15) is 4.79 Å². The number of hydrogen-bond acceptors (Lipinski definition) is 3. The molecule has 1 fully saturated rings. The van der Waals surface area contributed by atoms with Crippen LogP contribution in [0, 0.1) is 0 Å². The van der Waals surface area contributed by atoms with Crippen molar-refractivity contribution in [1.82, 2.24) is 14.7 Å². The second-order valence-electron chi connectivity index (χ2n) is 5.73. The van der Waals surface area contributed by atoms with Gasteiger partial charge in [0, 0.05) is 38.7 Å². The first-order valence-corrected chi connectivity index (χ1v) is 7.67. The van der Waals surface area contributed by atoms with Crippen molar-refractivity contribution < 1.29 is 4.79 Å². The number of carbonyl (C=O) groups is 1. The van der Waals surface area contributed by atoms with Crippen LogP contribution in [0.5, 0.6) is 0 Å². The minimum atomic E-state index is 0.309. The average Bonchev–Trinajstić information content (AvgIpc) is 3.06. The summed E-state index contributed by atoms with van der Waals surface area (Å²) in [6.07, 6.45) is 10.0. The molecule has 1 amide bonds. The Labute approximate surface area is 121 Å². The lowest BCUT2D eigenvalue weighted by molar-refractivity contribution is -0.130. The van der Waals surface area contributed by atoms with E-state index in [-0.39, 0.29) is 0 Å². The fraction of sp³-hybridized carbons (Fsp3) is 0.733. The van der Waals surface area contributed by atoms with E-state index in [0.29, 0.717) is 18.2 Å². The summed E-state index contributed by atoms with van der Waals surface area (Å²) < 4.78 is 1.83. The van der Waals surface area contributed by atoms with E-state index < -0.39 is 0 Å². The fourth-order valence-corrected chi connectivity index (χ4v) is 2.84. The molecule has 1 atom stereocenters. The van der Waals surface area contributed by atoms with Crippen LogP contribution in [0.2, 0.25) is 0 Å². The van der Waals surface area contributed by atoms with E-state index in [1.54, 1.807) is 0 Å². The van der Waals surface area contributed by atoms with Gasteiger partial charge in [-0.05, 0) is 31.4 Å². The Kier molecular flexibility index (Phi) is 5.59. The van der Waals surface area contributed by atoms with Crippen molar-refractivity contribution in [3.63, 3.8) is 0 Å². The van der Waals surface area contributed by atoms with Gasteiger partial charge in [0.25, 0.3) is 0 Å². The lowest BCUT2D eigenvalue weighted by Gasteiger charge is -2.16. The number of carbonyl (C=O) groups excluding carboxylic acids is 1. The number of aryl methyl sites for hydroxylation is 1. The van der Waals surface area contributed by atoms with Crippen LogP contribution in [0.15, 0.2) is 12.4 Å². The summed E-state index contributed by atoms with van der Waals surface area (Å²) in [6, 6.07) is 0. The van der Waals surface area contributed by atoms with Crippen LogP contribution in [0.25, 0.3) is 0 Å². The van der Waals surface area contributed by atoms with Crippen LogP contribution in [-0.4, -0.2) is 40.2 Å². The molecular formula is C15H26N4O. The van der Waals surface area contributed by atoms with Crippen LogP contribution >= 0.6 is 0 Å². The number of nitrogens with zero attached hydrogens (tertiary/aromatic N) is 3. The summed E-state index contributed by atoms with van der Waals surface area (Å²) >= 11 is 0. The number of likely N-dealkylation sites (tertiary alicyclic amines) is 1. The second-order valence-corrected chi connectivity index (χ2v) is 5.73. The van der Waals surface area contributed by atoms with Crippen molar-refractivity contribution in [3.05, 3.63) is 18.0 Å². The molecule has 5 heteroatoms. The maximum Gasteiger partial charge on any atom is 0.222 e. The average molecular weight is 278 g/mol. The van der Waals surface area contributed by atoms with Crippen molar-refractivity contribution in [1.29, 1.82) is 0 Å². The fourth-order valence-electron chi connectivity index (χ4n) is 2.84. The minimum absolute atomic E-state index is 0.309. The van der Waals surface area contributed by atoms with Gasteiger partial charge in [0.05, 0.1) is 6.20 Å². The second kappa shape index (κ2) is 7.43. The highest BCUT2D eigenvalue weighted by Gasteiger charge is 2.27. The number of aromatic nitrogens is 2. The predicted octanol–water partition coefficient (Wildman–Crippen LogP) is 1.65. The van der Waals surface area contributed by atoms with Gasteiger partial charge in [-0.15, -0.1) is 0 Å². The molecule has 1 aliphatic rings. The van der Waals surface area contributed by atoms with E-state index in [4.69, 9.17) is 5.73 Å². The molecule has 1 aromatic heterocycles. The van der Waals surface area contributed by atoms with Crippen LogP contribution in [0.1, 0.15) is 50.0 Å².